The lowest BCUT2D eigenvalue weighted by Gasteiger charge is -2.04. The first kappa shape index (κ1) is 8.63. The summed E-state index contributed by atoms with van der Waals surface area (Å²) in [6.07, 6.45) is 0. The molecular formula is C12H10NO. The van der Waals surface area contributed by atoms with Gasteiger partial charge in [0, 0.05) is 5.69 Å². The van der Waals surface area contributed by atoms with E-state index in [0.717, 1.165) is 17.2 Å². The average molecular weight is 184 g/mol. The molecule has 0 saturated heterocycles. The third-order valence-electron chi connectivity index (χ3n) is 1.79. The van der Waals surface area contributed by atoms with Crippen LogP contribution in [0.1, 0.15) is 0 Å². The molecule has 0 saturated carbocycles. The number of rotatable bonds is 2. The molecule has 0 bridgehead atoms. The Labute approximate surface area is 82.9 Å². The molecule has 0 atom stereocenters. The summed E-state index contributed by atoms with van der Waals surface area (Å²) in [5.41, 5.74) is 6.29. The summed E-state index contributed by atoms with van der Waals surface area (Å²) >= 11 is 0. The number of hydrogen-bond donors (Lipinski definition) is 1. The quantitative estimate of drug-likeness (QED) is 0.728. The van der Waals surface area contributed by atoms with Crippen molar-refractivity contribution in [2.24, 2.45) is 0 Å². The number of nitrogen functional groups attached to an aromatic ring is 1. The normalized spacial score (nSPS) is 9.71. The van der Waals surface area contributed by atoms with Gasteiger partial charge in [-0.05, 0) is 42.5 Å². The Balaban J connectivity index is 2.16. The molecule has 1 radical (unpaired) electrons. The summed E-state index contributed by atoms with van der Waals surface area (Å²) < 4.78 is 5.55. The number of anilines is 1. The van der Waals surface area contributed by atoms with Crippen molar-refractivity contribution in [3.05, 3.63) is 54.6 Å². The van der Waals surface area contributed by atoms with Crippen LogP contribution in [0.15, 0.2) is 48.5 Å². The first-order valence-electron chi connectivity index (χ1n) is 4.34. The summed E-state index contributed by atoms with van der Waals surface area (Å²) in [6, 6.07) is 17.6. The van der Waals surface area contributed by atoms with E-state index in [1.807, 2.05) is 42.5 Å². The second kappa shape index (κ2) is 3.83. The second-order valence-electron chi connectivity index (χ2n) is 2.91. The highest BCUT2D eigenvalue weighted by Crippen LogP contribution is 2.21. The Morgan fingerprint density at radius 2 is 1.79 bits per heavy atom. The van der Waals surface area contributed by atoms with E-state index in [9.17, 15) is 0 Å². The van der Waals surface area contributed by atoms with Crippen LogP contribution in [0.2, 0.25) is 0 Å². The van der Waals surface area contributed by atoms with Crippen molar-refractivity contribution in [3.8, 4) is 11.5 Å². The molecule has 2 nitrogen and oxygen atoms in total. The SMILES string of the molecule is Nc1ccc(Oc2c[c]ccc2)cc1. The van der Waals surface area contributed by atoms with E-state index in [-0.39, 0.29) is 0 Å². The van der Waals surface area contributed by atoms with Gasteiger partial charge in [0.1, 0.15) is 11.5 Å². The standard InChI is InChI=1S/C12H10NO/c13-10-6-8-12(9-7-10)14-11-4-2-1-3-5-11/h1-2,4-9H,13H2. The van der Waals surface area contributed by atoms with Crippen molar-refractivity contribution in [1.82, 2.24) is 0 Å². The predicted octanol–water partition coefficient (Wildman–Crippen LogP) is 2.86. The van der Waals surface area contributed by atoms with E-state index in [1.165, 1.54) is 0 Å². The predicted molar refractivity (Wildman–Crippen MR) is 56.2 cm³/mol. The molecule has 69 valence electrons. The molecule has 0 heterocycles. The van der Waals surface area contributed by atoms with Gasteiger partial charge >= 0.3 is 0 Å². The molecule has 0 amide bonds. The fraction of sp³-hybridized carbons (Fsp3) is 0. The van der Waals surface area contributed by atoms with E-state index < -0.39 is 0 Å². The summed E-state index contributed by atoms with van der Waals surface area (Å²) in [6.45, 7) is 0. The van der Waals surface area contributed by atoms with Crippen LogP contribution >= 0.6 is 0 Å². The van der Waals surface area contributed by atoms with Gasteiger partial charge in [-0.15, -0.1) is 0 Å². The smallest absolute Gasteiger partial charge is 0.128 e. The maximum atomic E-state index is 5.56. The summed E-state index contributed by atoms with van der Waals surface area (Å²) in [5.74, 6) is 1.55. The van der Waals surface area contributed by atoms with Crippen molar-refractivity contribution >= 4 is 5.69 Å². The van der Waals surface area contributed by atoms with Gasteiger partial charge in [0.05, 0.1) is 0 Å². The summed E-state index contributed by atoms with van der Waals surface area (Å²) in [7, 11) is 0. The van der Waals surface area contributed by atoms with Gasteiger partial charge in [0.2, 0.25) is 0 Å². The molecule has 2 aromatic carbocycles. The molecular weight excluding hydrogens is 174 g/mol. The largest absolute Gasteiger partial charge is 0.457 e. The Morgan fingerprint density at radius 1 is 1.00 bits per heavy atom. The Morgan fingerprint density at radius 3 is 2.43 bits per heavy atom. The molecule has 14 heavy (non-hydrogen) atoms. The molecule has 0 aromatic heterocycles. The summed E-state index contributed by atoms with van der Waals surface area (Å²) in [5, 5.41) is 0. The molecule has 0 spiro atoms. The van der Waals surface area contributed by atoms with Crippen LogP contribution in [0.3, 0.4) is 0 Å². The molecule has 0 aliphatic carbocycles. The third kappa shape index (κ3) is 2.04. The van der Waals surface area contributed by atoms with Crippen molar-refractivity contribution in [1.29, 1.82) is 0 Å². The first-order valence-corrected chi connectivity index (χ1v) is 4.34. The zero-order valence-corrected chi connectivity index (χ0v) is 7.60. The van der Waals surface area contributed by atoms with Gasteiger partial charge in [-0.2, -0.15) is 0 Å². The fourth-order valence-electron chi connectivity index (χ4n) is 1.11. The van der Waals surface area contributed by atoms with Gasteiger partial charge in [-0.1, -0.05) is 12.1 Å². The molecule has 2 aromatic rings. The van der Waals surface area contributed by atoms with Crippen molar-refractivity contribution in [3.63, 3.8) is 0 Å². The van der Waals surface area contributed by atoms with Crippen LogP contribution in [0.5, 0.6) is 11.5 Å². The van der Waals surface area contributed by atoms with Crippen LogP contribution in [0.25, 0.3) is 0 Å². The highest BCUT2D eigenvalue weighted by molar-refractivity contribution is 5.42. The van der Waals surface area contributed by atoms with Crippen LogP contribution in [-0.2, 0) is 0 Å². The molecule has 0 unspecified atom stereocenters. The van der Waals surface area contributed by atoms with Gasteiger partial charge in [-0.25, -0.2) is 0 Å². The number of hydrogen-bond acceptors (Lipinski definition) is 2. The van der Waals surface area contributed by atoms with Crippen molar-refractivity contribution in [2.45, 2.75) is 0 Å². The monoisotopic (exact) mass is 184 g/mol. The maximum absolute atomic E-state index is 5.56. The maximum Gasteiger partial charge on any atom is 0.128 e. The van der Waals surface area contributed by atoms with Crippen molar-refractivity contribution < 1.29 is 4.74 Å². The lowest BCUT2D eigenvalue weighted by Crippen LogP contribution is -1.86. The first-order chi connectivity index (χ1) is 6.84. The van der Waals surface area contributed by atoms with Crippen LogP contribution < -0.4 is 10.5 Å². The molecule has 2 heteroatoms. The lowest BCUT2D eigenvalue weighted by molar-refractivity contribution is 0.482. The Hall–Kier alpha value is -1.96. The molecule has 0 aliphatic heterocycles. The number of benzene rings is 2. The minimum atomic E-state index is 0.733. The highest BCUT2D eigenvalue weighted by atomic mass is 16.5. The van der Waals surface area contributed by atoms with Gasteiger partial charge < -0.3 is 10.5 Å². The Kier molecular flexibility index (Phi) is 2.36. The van der Waals surface area contributed by atoms with E-state index in [2.05, 4.69) is 6.07 Å². The van der Waals surface area contributed by atoms with E-state index in [1.54, 1.807) is 6.07 Å². The van der Waals surface area contributed by atoms with E-state index in [4.69, 9.17) is 10.5 Å². The minimum absolute atomic E-state index is 0.733. The zero-order chi connectivity index (χ0) is 9.80. The van der Waals surface area contributed by atoms with Gasteiger partial charge in [-0.3, -0.25) is 0 Å². The average Bonchev–Trinajstić information content (AvgIpc) is 2.23. The molecule has 2 rings (SSSR count). The second-order valence-corrected chi connectivity index (χ2v) is 2.91. The molecule has 2 N–H and O–H groups in total. The van der Waals surface area contributed by atoms with Crippen LogP contribution in [0, 0.1) is 6.07 Å². The van der Waals surface area contributed by atoms with Crippen LogP contribution in [-0.4, -0.2) is 0 Å². The minimum Gasteiger partial charge on any atom is -0.457 e. The number of nitrogens with two attached hydrogens (primary N) is 1. The topological polar surface area (TPSA) is 35.2 Å². The molecule has 0 fully saturated rings. The van der Waals surface area contributed by atoms with Gasteiger partial charge in [0.15, 0.2) is 0 Å². The van der Waals surface area contributed by atoms with Crippen molar-refractivity contribution in [2.75, 3.05) is 5.73 Å². The Bertz CT molecular complexity index is 394. The summed E-state index contributed by atoms with van der Waals surface area (Å²) in [4.78, 5) is 0. The number of ether oxygens (including phenoxy) is 1. The van der Waals surface area contributed by atoms with E-state index in [0.29, 0.717) is 0 Å². The molecule has 0 aliphatic rings. The van der Waals surface area contributed by atoms with Gasteiger partial charge in [0.25, 0.3) is 0 Å². The fourth-order valence-corrected chi connectivity index (χ4v) is 1.11. The third-order valence-corrected chi connectivity index (χ3v) is 1.79. The van der Waals surface area contributed by atoms with E-state index >= 15 is 0 Å². The van der Waals surface area contributed by atoms with Crippen LogP contribution in [0.4, 0.5) is 5.69 Å². The zero-order valence-electron chi connectivity index (χ0n) is 7.60. The highest BCUT2D eigenvalue weighted by Gasteiger charge is 1.94. The lowest BCUT2D eigenvalue weighted by atomic mass is 10.3.